The van der Waals surface area contributed by atoms with E-state index in [1.165, 1.54) is 0 Å². The van der Waals surface area contributed by atoms with Gasteiger partial charge in [-0.25, -0.2) is 8.42 Å². The fraction of sp³-hybridized carbons (Fsp3) is 0.562. The average molecular weight is 339 g/mol. The second-order valence-corrected chi connectivity index (χ2v) is 8.08. The van der Waals surface area contributed by atoms with Crippen LogP contribution in [0.5, 0.6) is 0 Å². The molecule has 0 aromatic heterocycles. The van der Waals surface area contributed by atoms with Crippen molar-refractivity contribution in [2.75, 3.05) is 18.9 Å². The van der Waals surface area contributed by atoms with Crippen molar-refractivity contribution in [3.8, 4) is 0 Å². The predicted octanol–water partition coefficient (Wildman–Crippen LogP) is 1.44. The molecular weight excluding hydrogens is 318 g/mol. The number of hydrogen-bond acceptors (Lipinski definition) is 4. The van der Waals surface area contributed by atoms with Gasteiger partial charge in [-0.05, 0) is 24.8 Å². The molecule has 3 rings (SSSR count). The molecule has 7 heteroatoms. The molecule has 0 radical (unpaired) electrons. The summed E-state index contributed by atoms with van der Waals surface area (Å²) in [5, 5.41) is 9.60. The minimum atomic E-state index is -3.65. The van der Waals surface area contributed by atoms with E-state index in [9.17, 15) is 18.3 Å². The first-order chi connectivity index (χ1) is 11.0. The summed E-state index contributed by atoms with van der Waals surface area (Å²) < 4.78 is 31.9. The van der Waals surface area contributed by atoms with Crippen LogP contribution in [-0.4, -0.2) is 54.8 Å². The van der Waals surface area contributed by atoms with Gasteiger partial charge in [-0.2, -0.15) is 4.31 Å². The van der Waals surface area contributed by atoms with Crippen molar-refractivity contribution in [3.63, 3.8) is 0 Å². The standard InChI is InChI=1S/C16H21NO5S/c18-16(19)15-14(12-5-2-1-3-6-12)8-9-17(15)23(20,21)11-13-7-4-10-22-13/h1-3,5-6,13-15H,4,7-11H2,(H,18,19). The van der Waals surface area contributed by atoms with Crippen LogP contribution in [0.3, 0.4) is 0 Å². The number of nitrogens with zero attached hydrogens (tertiary/aromatic N) is 1. The van der Waals surface area contributed by atoms with Crippen molar-refractivity contribution in [1.82, 2.24) is 4.31 Å². The van der Waals surface area contributed by atoms with E-state index in [0.717, 1.165) is 16.3 Å². The van der Waals surface area contributed by atoms with Gasteiger partial charge in [0, 0.05) is 19.1 Å². The van der Waals surface area contributed by atoms with Crippen molar-refractivity contribution in [3.05, 3.63) is 35.9 Å². The number of carbonyl (C=O) groups is 1. The third-order valence-corrected chi connectivity index (χ3v) is 6.53. The van der Waals surface area contributed by atoms with Crippen LogP contribution in [0.25, 0.3) is 0 Å². The van der Waals surface area contributed by atoms with E-state index < -0.39 is 22.0 Å². The molecule has 0 aliphatic carbocycles. The molecule has 23 heavy (non-hydrogen) atoms. The molecule has 1 N–H and O–H groups in total. The molecule has 3 unspecified atom stereocenters. The zero-order valence-corrected chi connectivity index (χ0v) is 13.6. The van der Waals surface area contributed by atoms with Gasteiger partial charge in [0.2, 0.25) is 10.0 Å². The van der Waals surface area contributed by atoms with Gasteiger partial charge in [0.1, 0.15) is 6.04 Å². The molecule has 2 aliphatic rings. The van der Waals surface area contributed by atoms with Crippen molar-refractivity contribution in [2.45, 2.75) is 37.3 Å². The maximum Gasteiger partial charge on any atom is 0.322 e. The van der Waals surface area contributed by atoms with Gasteiger partial charge in [0.05, 0.1) is 11.9 Å². The molecule has 0 bridgehead atoms. The molecule has 1 aromatic rings. The zero-order valence-electron chi connectivity index (χ0n) is 12.8. The van der Waals surface area contributed by atoms with E-state index in [0.29, 0.717) is 19.4 Å². The van der Waals surface area contributed by atoms with Gasteiger partial charge in [-0.15, -0.1) is 0 Å². The monoisotopic (exact) mass is 339 g/mol. The van der Waals surface area contributed by atoms with Gasteiger partial charge in [-0.3, -0.25) is 4.79 Å². The highest BCUT2D eigenvalue weighted by Gasteiger charge is 2.46. The number of carboxylic acid groups (broad SMARTS) is 1. The van der Waals surface area contributed by atoms with E-state index in [1.807, 2.05) is 30.3 Å². The van der Waals surface area contributed by atoms with Gasteiger partial charge in [0.15, 0.2) is 0 Å². The minimum absolute atomic E-state index is 0.127. The SMILES string of the molecule is O=C(O)C1C(c2ccccc2)CCN1S(=O)(=O)CC1CCCO1. The maximum atomic E-state index is 12.7. The second kappa shape index (κ2) is 6.59. The van der Waals surface area contributed by atoms with Crippen LogP contribution >= 0.6 is 0 Å². The Kier molecular flexibility index (Phi) is 4.70. The number of aliphatic carboxylic acids is 1. The topological polar surface area (TPSA) is 83.9 Å². The largest absolute Gasteiger partial charge is 0.480 e. The lowest BCUT2D eigenvalue weighted by atomic mass is 9.92. The van der Waals surface area contributed by atoms with Crippen LogP contribution in [0.15, 0.2) is 30.3 Å². The smallest absolute Gasteiger partial charge is 0.322 e. The Morgan fingerprint density at radius 3 is 2.61 bits per heavy atom. The summed E-state index contributed by atoms with van der Waals surface area (Å²) in [5.74, 6) is -1.53. The Morgan fingerprint density at radius 2 is 2.00 bits per heavy atom. The summed E-state index contributed by atoms with van der Waals surface area (Å²) in [6.07, 6.45) is 1.78. The Labute approximate surface area is 136 Å². The lowest BCUT2D eigenvalue weighted by Gasteiger charge is -2.25. The fourth-order valence-corrected chi connectivity index (χ4v) is 5.42. The Bertz CT molecular complexity index is 654. The molecular formula is C16H21NO5S. The Hall–Kier alpha value is -1.44. The quantitative estimate of drug-likeness (QED) is 0.877. The van der Waals surface area contributed by atoms with Gasteiger partial charge >= 0.3 is 5.97 Å². The van der Waals surface area contributed by atoms with E-state index >= 15 is 0 Å². The molecule has 2 fully saturated rings. The summed E-state index contributed by atoms with van der Waals surface area (Å²) in [4.78, 5) is 11.7. The van der Waals surface area contributed by atoms with Crippen LogP contribution in [0.2, 0.25) is 0 Å². The van der Waals surface area contributed by atoms with Crippen molar-refractivity contribution in [1.29, 1.82) is 0 Å². The van der Waals surface area contributed by atoms with E-state index in [1.54, 1.807) is 0 Å². The lowest BCUT2D eigenvalue weighted by Crippen LogP contribution is -2.45. The highest BCUT2D eigenvalue weighted by Crippen LogP contribution is 2.36. The van der Waals surface area contributed by atoms with Crippen LogP contribution in [0, 0.1) is 0 Å². The molecule has 3 atom stereocenters. The molecule has 0 amide bonds. The van der Waals surface area contributed by atoms with E-state index in [-0.39, 0.29) is 24.3 Å². The number of benzene rings is 1. The molecule has 6 nitrogen and oxygen atoms in total. The minimum Gasteiger partial charge on any atom is -0.480 e. The normalized spacial score (nSPS) is 29.0. The first-order valence-electron chi connectivity index (χ1n) is 7.88. The second-order valence-electron chi connectivity index (χ2n) is 6.11. The fourth-order valence-electron chi connectivity index (χ4n) is 3.53. The number of carboxylic acids is 1. The van der Waals surface area contributed by atoms with Crippen molar-refractivity contribution >= 4 is 16.0 Å². The van der Waals surface area contributed by atoms with Crippen LogP contribution in [0.1, 0.15) is 30.7 Å². The molecule has 2 saturated heterocycles. The molecule has 126 valence electrons. The first-order valence-corrected chi connectivity index (χ1v) is 9.49. The van der Waals surface area contributed by atoms with Crippen LogP contribution < -0.4 is 0 Å². The highest BCUT2D eigenvalue weighted by atomic mass is 32.2. The zero-order chi connectivity index (χ0) is 16.4. The van der Waals surface area contributed by atoms with Crippen molar-refractivity contribution in [2.24, 2.45) is 0 Å². The Morgan fingerprint density at radius 1 is 1.26 bits per heavy atom. The average Bonchev–Trinajstić information content (AvgIpc) is 3.16. The summed E-state index contributed by atoms with van der Waals surface area (Å²) >= 11 is 0. The van der Waals surface area contributed by atoms with Crippen LogP contribution in [0.4, 0.5) is 0 Å². The number of sulfonamides is 1. The number of hydrogen-bond donors (Lipinski definition) is 1. The van der Waals surface area contributed by atoms with E-state index in [2.05, 4.69) is 0 Å². The summed E-state index contributed by atoms with van der Waals surface area (Å²) in [6.45, 7) is 0.820. The van der Waals surface area contributed by atoms with Gasteiger partial charge < -0.3 is 9.84 Å². The molecule has 0 spiro atoms. The lowest BCUT2D eigenvalue weighted by molar-refractivity contribution is -0.141. The van der Waals surface area contributed by atoms with Gasteiger partial charge in [0.25, 0.3) is 0 Å². The molecule has 0 saturated carbocycles. The van der Waals surface area contributed by atoms with Gasteiger partial charge in [-0.1, -0.05) is 30.3 Å². The maximum absolute atomic E-state index is 12.7. The van der Waals surface area contributed by atoms with Crippen molar-refractivity contribution < 1.29 is 23.1 Å². The number of rotatable bonds is 5. The predicted molar refractivity (Wildman–Crippen MR) is 84.7 cm³/mol. The summed E-state index contributed by atoms with van der Waals surface area (Å²) in [6, 6.07) is 8.23. The molecule has 1 aromatic carbocycles. The summed E-state index contributed by atoms with van der Waals surface area (Å²) in [7, 11) is -3.65. The number of ether oxygens (including phenoxy) is 1. The highest BCUT2D eigenvalue weighted by molar-refractivity contribution is 7.89. The summed E-state index contributed by atoms with van der Waals surface area (Å²) in [5.41, 5.74) is 0.870. The third kappa shape index (κ3) is 3.41. The van der Waals surface area contributed by atoms with Crippen LogP contribution in [-0.2, 0) is 19.6 Å². The molecule has 2 heterocycles. The Balaban J connectivity index is 1.83. The van der Waals surface area contributed by atoms with E-state index in [4.69, 9.17) is 4.74 Å². The molecule has 2 aliphatic heterocycles. The third-order valence-electron chi connectivity index (χ3n) is 4.61. The first kappa shape index (κ1) is 16.4.